The van der Waals surface area contributed by atoms with E-state index in [9.17, 15) is 14.7 Å². The van der Waals surface area contributed by atoms with Gasteiger partial charge in [0.1, 0.15) is 5.56 Å². The zero-order valence-corrected chi connectivity index (χ0v) is 20.9. The molecule has 0 saturated carbocycles. The highest BCUT2D eigenvalue weighted by molar-refractivity contribution is 5.95. The van der Waals surface area contributed by atoms with E-state index in [2.05, 4.69) is 4.98 Å². The Morgan fingerprint density at radius 2 is 1.67 bits per heavy atom. The lowest BCUT2D eigenvalue weighted by molar-refractivity contribution is 0.0677. The molecule has 0 radical (unpaired) electrons. The number of aliphatic hydroxyl groups is 1. The van der Waals surface area contributed by atoms with Crippen molar-refractivity contribution >= 4 is 5.91 Å². The number of aliphatic hydroxyl groups excluding tert-OH is 1. The van der Waals surface area contributed by atoms with E-state index in [-0.39, 0.29) is 17.5 Å². The van der Waals surface area contributed by atoms with E-state index in [1.807, 2.05) is 85.1 Å². The Kier molecular flexibility index (Phi) is 7.76. The maximum Gasteiger partial charge on any atom is 0.259 e. The van der Waals surface area contributed by atoms with Crippen LogP contribution in [0.2, 0.25) is 0 Å². The molecule has 6 heteroatoms. The summed E-state index contributed by atoms with van der Waals surface area (Å²) in [6, 6.07) is 22.6. The summed E-state index contributed by atoms with van der Waals surface area (Å²) in [7, 11) is 1.62. The Labute approximate surface area is 211 Å². The molecule has 1 atom stereocenters. The van der Waals surface area contributed by atoms with Crippen molar-refractivity contribution in [3.05, 3.63) is 135 Å². The second kappa shape index (κ2) is 11.1. The molecule has 2 heterocycles. The summed E-state index contributed by atoms with van der Waals surface area (Å²) in [4.78, 5) is 32.6. The monoisotopic (exact) mass is 481 g/mol. The number of pyridine rings is 2. The zero-order chi connectivity index (χ0) is 25.7. The van der Waals surface area contributed by atoms with Gasteiger partial charge in [-0.15, -0.1) is 0 Å². The minimum absolute atomic E-state index is 0.0737. The number of rotatable bonds is 8. The summed E-state index contributed by atoms with van der Waals surface area (Å²) in [5.41, 5.74) is 5.15. The Hall–Kier alpha value is -4.03. The van der Waals surface area contributed by atoms with E-state index in [1.54, 1.807) is 19.4 Å². The second-order valence-corrected chi connectivity index (χ2v) is 9.13. The standard InChI is InChI=1S/C30H31N3O3/c1-21-9-7-8-12-25(21)18-26-29(30(36)32(3)20-28(35)24-10-5-4-6-11-24)27(34)17-22(2)33(26)19-23-13-15-31-16-14-23/h4-17,28,35H,18-20H2,1-3H3/t28-/m0/s1. The quantitative estimate of drug-likeness (QED) is 0.407. The Morgan fingerprint density at radius 1 is 1.00 bits per heavy atom. The summed E-state index contributed by atoms with van der Waals surface area (Å²) in [6.07, 6.45) is 3.05. The van der Waals surface area contributed by atoms with Crippen molar-refractivity contribution in [2.24, 2.45) is 0 Å². The fourth-order valence-corrected chi connectivity index (χ4v) is 4.44. The molecule has 0 unspecified atom stereocenters. The highest BCUT2D eigenvalue weighted by Gasteiger charge is 2.25. The molecule has 0 bridgehead atoms. The first-order valence-corrected chi connectivity index (χ1v) is 12.0. The molecule has 6 nitrogen and oxygen atoms in total. The molecule has 1 amide bonds. The van der Waals surface area contributed by atoms with Crippen molar-refractivity contribution in [3.8, 4) is 0 Å². The first-order chi connectivity index (χ1) is 17.3. The van der Waals surface area contributed by atoms with Gasteiger partial charge >= 0.3 is 0 Å². The van der Waals surface area contributed by atoms with Gasteiger partial charge in [0.25, 0.3) is 5.91 Å². The van der Waals surface area contributed by atoms with Crippen LogP contribution in [0.5, 0.6) is 0 Å². The Morgan fingerprint density at radius 3 is 2.36 bits per heavy atom. The Balaban J connectivity index is 1.77. The smallest absolute Gasteiger partial charge is 0.259 e. The van der Waals surface area contributed by atoms with E-state index in [0.29, 0.717) is 18.7 Å². The average Bonchev–Trinajstić information content (AvgIpc) is 2.88. The zero-order valence-electron chi connectivity index (χ0n) is 20.9. The second-order valence-electron chi connectivity index (χ2n) is 9.13. The molecule has 2 aromatic heterocycles. The van der Waals surface area contributed by atoms with Crippen LogP contribution in [0.25, 0.3) is 0 Å². The first kappa shape index (κ1) is 25.1. The molecule has 0 aliphatic heterocycles. The van der Waals surface area contributed by atoms with Crippen LogP contribution < -0.4 is 5.43 Å². The number of amides is 1. The Bertz CT molecular complexity index is 1400. The molecule has 0 fully saturated rings. The van der Waals surface area contributed by atoms with Crippen LogP contribution >= 0.6 is 0 Å². The molecular weight excluding hydrogens is 450 g/mol. The van der Waals surface area contributed by atoms with Gasteiger partial charge in [-0.3, -0.25) is 14.6 Å². The van der Waals surface area contributed by atoms with Crippen LogP contribution in [0.4, 0.5) is 0 Å². The van der Waals surface area contributed by atoms with Gasteiger partial charge < -0.3 is 14.6 Å². The molecular formula is C30H31N3O3. The lowest BCUT2D eigenvalue weighted by Crippen LogP contribution is -2.36. The third-order valence-electron chi connectivity index (χ3n) is 6.53. The van der Waals surface area contributed by atoms with Crippen LogP contribution in [0.3, 0.4) is 0 Å². The molecule has 184 valence electrons. The van der Waals surface area contributed by atoms with Crippen LogP contribution in [0.15, 0.2) is 90.0 Å². The fraction of sp³-hybridized carbons (Fsp3) is 0.233. The van der Waals surface area contributed by atoms with Crippen molar-refractivity contribution in [2.45, 2.75) is 32.9 Å². The number of carbonyl (C=O) groups excluding carboxylic acids is 1. The van der Waals surface area contributed by atoms with Gasteiger partial charge in [-0.1, -0.05) is 54.6 Å². The first-order valence-electron chi connectivity index (χ1n) is 12.0. The van der Waals surface area contributed by atoms with Gasteiger partial charge in [0.15, 0.2) is 5.43 Å². The summed E-state index contributed by atoms with van der Waals surface area (Å²) in [6.45, 7) is 4.50. The molecule has 4 rings (SSSR count). The van der Waals surface area contributed by atoms with Gasteiger partial charge in [-0.25, -0.2) is 0 Å². The van der Waals surface area contributed by atoms with Gasteiger partial charge in [0.2, 0.25) is 0 Å². The van der Waals surface area contributed by atoms with Gasteiger partial charge in [-0.2, -0.15) is 0 Å². The van der Waals surface area contributed by atoms with Crippen LogP contribution in [-0.2, 0) is 13.0 Å². The largest absolute Gasteiger partial charge is 0.387 e. The SMILES string of the molecule is Cc1ccccc1Cc1c(C(=O)N(C)C[C@H](O)c2ccccc2)c(=O)cc(C)n1Cc1ccncc1. The molecule has 0 aliphatic carbocycles. The van der Waals surface area contributed by atoms with E-state index < -0.39 is 12.0 Å². The number of hydrogen-bond acceptors (Lipinski definition) is 4. The molecule has 4 aromatic rings. The number of likely N-dealkylation sites (N-methyl/N-ethyl adjacent to an activating group) is 1. The summed E-state index contributed by atoms with van der Waals surface area (Å²) < 4.78 is 2.04. The normalized spacial score (nSPS) is 11.8. The van der Waals surface area contributed by atoms with Gasteiger partial charge in [0.05, 0.1) is 12.6 Å². The topological polar surface area (TPSA) is 75.4 Å². The maximum absolute atomic E-state index is 13.7. The van der Waals surface area contributed by atoms with Crippen molar-refractivity contribution in [1.82, 2.24) is 14.5 Å². The minimum atomic E-state index is -0.857. The van der Waals surface area contributed by atoms with Crippen molar-refractivity contribution in [2.75, 3.05) is 13.6 Å². The van der Waals surface area contributed by atoms with Crippen molar-refractivity contribution in [3.63, 3.8) is 0 Å². The number of aryl methyl sites for hydroxylation is 2. The van der Waals surface area contributed by atoms with Gasteiger partial charge in [0, 0.05) is 49.9 Å². The molecule has 1 N–H and O–H groups in total. The third-order valence-corrected chi connectivity index (χ3v) is 6.53. The predicted octanol–water partition coefficient (Wildman–Crippen LogP) is 4.30. The van der Waals surface area contributed by atoms with Crippen LogP contribution in [-0.4, -0.2) is 39.1 Å². The highest BCUT2D eigenvalue weighted by atomic mass is 16.3. The lowest BCUT2D eigenvalue weighted by atomic mass is 9.98. The van der Waals surface area contributed by atoms with Crippen LogP contribution in [0.1, 0.15) is 50.1 Å². The number of hydrogen-bond donors (Lipinski definition) is 1. The fourth-order valence-electron chi connectivity index (χ4n) is 4.44. The number of benzene rings is 2. The predicted molar refractivity (Wildman–Crippen MR) is 141 cm³/mol. The molecule has 36 heavy (non-hydrogen) atoms. The number of aromatic nitrogens is 2. The van der Waals surface area contributed by atoms with Gasteiger partial charge in [-0.05, 0) is 48.2 Å². The summed E-state index contributed by atoms with van der Waals surface area (Å²) >= 11 is 0. The highest BCUT2D eigenvalue weighted by Crippen LogP contribution is 2.21. The van der Waals surface area contributed by atoms with E-state index in [0.717, 1.165) is 27.9 Å². The third kappa shape index (κ3) is 5.61. The molecule has 2 aromatic carbocycles. The van der Waals surface area contributed by atoms with Crippen molar-refractivity contribution < 1.29 is 9.90 Å². The summed E-state index contributed by atoms with van der Waals surface area (Å²) in [5.74, 6) is -0.401. The molecule has 0 aliphatic rings. The van der Waals surface area contributed by atoms with Crippen molar-refractivity contribution in [1.29, 1.82) is 0 Å². The lowest BCUT2D eigenvalue weighted by Gasteiger charge is -2.25. The minimum Gasteiger partial charge on any atom is -0.387 e. The maximum atomic E-state index is 13.7. The molecule has 0 saturated heterocycles. The number of carbonyl (C=O) groups is 1. The van der Waals surface area contributed by atoms with Crippen LogP contribution in [0, 0.1) is 13.8 Å². The summed E-state index contributed by atoms with van der Waals surface area (Å²) in [5, 5.41) is 10.7. The number of nitrogens with zero attached hydrogens (tertiary/aromatic N) is 3. The van der Waals surface area contributed by atoms with E-state index >= 15 is 0 Å². The average molecular weight is 482 g/mol. The van der Waals surface area contributed by atoms with E-state index in [4.69, 9.17) is 0 Å². The van der Waals surface area contributed by atoms with E-state index in [1.165, 1.54) is 11.0 Å². The molecule has 0 spiro atoms.